The Kier molecular flexibility index (Phi) is 2.59. The number of anilines is 2. The van der Waals surface area contributed by atoms with E-state index in [9.17, 15) is 0 Å². The lowest BCUT2D eigenvalue weighted by atomic mass is 9.87. The monoisotopic (exact) mass is 234 g/mol. The van der Waals surface area contributed by atoms with Crippen LogP contribution in [0.2, 0.25) is 0 Å². The van der Waals surface area contributed by atoms with E-state index in [2.05, 4.69) is 16.7 Å². The fourth-order valence-electron chi connectivity index (χ4n) is 2.64. The van der Waals surface area contributed by atoms with Crippen molar-refractivity contribution in [2.45, 2.75) is 18.4 Å². The molecule has 3 rings (SSSR count). The zero-order valence-electron chi connectivity index (χ0n) is 10.1. The summed E-state index contributed by atoms with van der Waals surface area (Å²) in [5.74, 6) is 0.900. The van der Waals surface area contributed by atoms with Crippen LogP contribution in [0.15, 0.2) is 18.2 Å². The molecule has 0 radical (unpaired) electrons. The van der Waals surface area contributed by atoms with Gasteiger partial charge in [-0.05, 0) is 25.0 Å². The Balaban J connectivity index is 1.90. The van der Waals surface area contributed by atoms with Crippen LogP contribution in [-0.4, -0.2) is 32.4 Å². The van der Waals surface area contributed by atoms with Gasteiger partial charge in [0.25, 0.3) is 0 Å². The molecule has 2 aliphatic heterocycles. The number of para-hydroxylation sites is 1. The molecule has 1 spiro atoms. The first-order valence-corrected chi connectivity index (χ1v) is 6.10. The molecule has 0 bridgehead atoms. The van der Waals surface area contributed by atoms with E-state index in [1.807, 2.05) is 12.1 Å². The summed E-state index contributed by atoms with van der Waals surface area (Å²) in [6.45, 7) is 2.62. The molecule has 0 amide bonds. The highest BCUT2D eigenvalue weighted by Crippen LogP contribution is 2.40. The van der Waals surface area contributed by atoms with Crippen molar-refractivity contribution in [3.8, 4) is 5.75 Å². The summed E-state index contributed by atoms with van der Waals surface area (Å²) >= 11 is 0. The van der Waals surface area contributed by atoms with Gasteiger partial charge in [-0.2, -0.15) is 0 Å². The number of hydrogen-bond donors (Lipinski definition) is 2. The lowest BCUT2D eigenvalue weighted by Gasteiger charge is -2.43. The zero-order chi connectivity index (χ0) is 11.7. The minimum Gasteiger partial charge on any atom is -0.495 e. The molecule has 2 heterocycles. The molecule has 0 saturated carbocycles. The maximum atomic E-state index is 5.44. The van der Waals surface area contributed by atoms with Crippen molar-refractivity contribution in [1.29, 1.82) is 0 Å². The Morgan fingerprint density at radius 1 is 1.29 bits per heavy atom. The third-order valence-electron chi connectivity index (χ3n) is 3.70. The summed E-state index contributed by atoms with van der Waals surface area (Å²) in [6, 6.07) is 6.10. The van der Waals surface area contributed by atoms with Gasteiger partial charge in [-0.3, -0.25) is 0 Å². The molecule has 4 heteroatoms. The van der Waals surface area contributed by atoms with Gasteiger partial charge in [-0.25, -0.2) is 0 Å². The third-order valence-corrected chi connectivity index (χ3v) is 3.70. The van der Waals surface area contributed by atoms with Gasteiger partial charge in [0, 0.05) is 19.8 Å². The number of benzene rings is 1. The first-order valence-electron chi connectivity index (χ1n) is 6.10. The quantitative estimate of drug-likeness (QED) is 0.780. The van der Waals surface area contributed by atoms with E-state index in [0.29, 0.717) is 0 Å². The Hall–Kier alpha value is -1.42. The van der Waals surface area contributed by atoms with Gasteiger partial charge < -0.3 is 20.1 Å². The van der Waals surface area contributed by atoms with E-state index in [1.165, 1.54) is 0 Å². The summed E-state index contributed by atoms with van der Waals surface area (Å²) in [6.07, 6.45) is 2.10. The third kappa shape index (κ3) is 1.82. The Labute approximate surface area is 101 Å². The number of fused-ring (bicyclic) bond motifs is 1. The molecule has 17 heavy (non-hydrogen) atoms. The van der Waals surface area contributed by atoms with Gasteiger partial charge in [0.1, 0.15) is 11.4 Å². The molecule has 1 fully saturated rings. The maximum Gasteiger partial charge on any atom is 0.144 e. The van der Waals surface area contributed by atoms with Crippen LogP contribution >= 0.6 is 0 Å². The smallest absolute Gasteiger partial charge is 0.144 e. The normalized spacial score (nSPS) is 21.2. The fraction of sp³-hybridized carbons (Fsp3) is 0.538. The summed E-state index contributed by atoms with van der Waals surface area (Å²) in [7, 11) is 1.70. The van der Waals surface area contributed by atoms with Crippen LogP contribution in [0.25, 0.3) is 0 Å². The lowest BCUT2D eigenvalue weighted by Crippen LogP contribution is -2.51. The molecule has 2 aliphatic rings. The van der Waals surface area contributed by atoms with Crippen molar-refractivity contribution in [3.05, 3.63) is 18.2 Å². The first kappa shape index (κ1) is 10.7. The van der Waals surface area contributed by atoms with E-state index < -0.39 is 0 Å². The minimum atomic E-state index is 0.150. The number of nitrogens with one attached hydrogen (secondary N) is 2. The van der Waals surface area contributed by atoms with Crippen molar-refractivity contribution < 1.29 is 9.47 Å². The number of methoxy groups -OCH3 is 1. The summed E-state index contributed by atoms with van der Waals surface area (Å²) in [5.41, 5.74) is 2.36. The van der Waals surface area contributed by atoms with Crippen LogP contribution in [0, 0.1) is 0 Å². The molecule has 0 atom stereocenters. The van der Waals surface area contributed by atoms with Crippen LogP contribution in [-0.2, 0) is 4.74 Å². The number of ether oxygens (including phenoxy) is 2. The minimum absolute atomic E-state index is 0.150. The van der Waals surface area contributed by atoms with Gasteiger partial charge in [0.15, 0.2) is 0 Å². The van der Waals surface area contributed by atoms with Gasteiger partial charge in [-0.15, -0.1) is 0 Å². The van der Waals surface area contributed by atoms with Crippen LogP contribution < -0.4 is 15.4 Å². The molecule has 92 valence electrons. The van der Waals surface area contributed by atoms with E-state index >= 15 is 0 Å². The Morgan fingerprint density at radius 2 is 2.12 bits per heavy atom. The summed E-state index contributed by atoms with van der Waals surface area (Å²) < 4.78 is 10.8. The molecule has 0 aliphatic carbocycles. The molecule has 1 saturated heterocycles. The second kappa shape index (κ2) is 4.11. The van der Waals surface area contributed by atoms with E-state index in [4.69, 9.17) is 9.47 Å². The molecule has 0 unspecified atom stereocenters. The van der Waals surface area contributed by atoms with Gasteiger partial charge in [0.2, 0.25) is 0 Å². The second-order valence-electron chi connectivity index (χ2n) is 4.75. The van der Waals surface area contributed by atoms with E-state index in [1.54, 1.807) is 7.11 Å². The molecule has 1 aromatic carbocycles. The standard InChI is InChI=1S/C13H18N2O2/c1-16-11-4-2-3-10-12(11)14-9-13(15-10)5-7-17-8-6-13/h2-4,14-15H,5-9H2,1H3. The summed E-state index contributed by atoms with van der Waals surface area (Å²) in [5, 5.41) is 7.16. The van der Waals surface area contributed by atoms with Gasteiger partial charge in [-0.1, -0.05) is 6.07 Å². The van der Waals surface area contributed by atoms with Crippen LogP contribution in [0.5, 0.6) is 5.75 Å². The van der Waals surface area contributed by atoms with Crippen molar-refractivity contribution in [2.24, 2.45) is 0 Å². The zero-order valence-corrected chi connectivity index (χ0v) is 10.1. The van der Waals surface area contributed by atoms with Crippen molar-refractivity contribution in [1.82, 2.24) is 0 Å². The van der Waals surface area contributed by atoms with Gasteiger partial charge in [0.05, 0.1) is 18.3 Å². The Bertz CT molecular complexity index is 414. The molecular weight excluding hydrogens is 216 g/mol. The van der Waals surface area contributed by atoms with Crippen LogP contribution in [0.3, 0.4) is 0 Å². The number of hydrogen-bond acceptors (Lipinski definition) is 4. The van der Waals surface area contributed by atoms with E-state index in [0.717, 1.165) is 49.7 Å². The largest absolute Gasteiger partial charge is 0.495 e. The highest BCUT2D eigenvalue weighted by molar-refractivity contribution is 5.78. The number of rotatable bonds is 1. The highest BCUT2D eigenvalue weighted by atomic mass is 16.5. The molecule has 0 aromatic heterocycles. The van der Waals surface area contributed by atoms with E-state index in [-0.39, 0.29) is 5.54 Å². The topological polar surface area (TPSA) is 42.5 Å². The van der Waals surface area contributed by atoms with Gasteiger partial charge >= 0.3 is 0 Å². The molecule has 1 aromatic rings. The maximum absolute atomic E-state index is 5.44. The SMILES string of the molecule is COc1cccc2c1NCC1(CCOCC1)N2. The predicted molar refractivity (Wildman–Crippen MR) is 67.9 cm³/mol. The fourth-order valence-corrected chi connectivity index (χ4v) is 2.64. The highest BCUT2D eigenvalue weighted by Gasteiger charge is 2.36. The molecular formula is C13H18N2O2. The molecule has 2 N–H and O–H groups in total. The van der Waals surface area contributed by atoms with Crippen LogP contribution in [0.4, 0.5) is 11.4 Å². The average molecular weight is 234 g/mol. The Morgan fingerprint density at radius 3 is 2.88 bits per heavy atom. The lowest BCUT2D eigenvalue weighted by molar-refractivity contribution is 0.0634. The average Bonchev–Trinajstić information content (AvgIpc) is 2.38. The second-order valence-corrected chi connectivity index (χ2v) is 4.75. The van der Waals surface area contributed by atoms with Crippen molar-refractivity contribution >= 4 is 11.4 Å². The van der Waals surface area contributed by atoms with Crippen LogP contribution in [0.1, 0.15) is 12.8 Å². The first-order chi connectivity index (χ1) is 8.33. The van der Waals surface area contributed by atoms with Crippen molar-refractivity contribution in [2.75, 3.05) is 37.5 Å². The van der Waals surface area contributed by atoms with Crippen molar-refractivity contribution in [3.63, 3.8) is 0 Å². The predicted octanol–water partition coefficient (Wildman–Crippen LogP) is 2.08. The molecule has 4 nitrogen and oxygen atoms in total. The summed E-state index contributed by atoms with van der Waals surface area (Å²) in [4.78, 5) is 0.